The molecule has 29 heavy (non-hydrogen) atoms. The summed E-state index contributed by atoms with van der Waals surface area (Å²) in [7, 11) is -3.59. The first kappa shape index (κ1) is 22.6. The van der Waals surface area contributed by atoms with E-state index in [2.05, 4.69) is 5.32 Å². The number of amides is 1. The second kappa shape index (κ2) is 10.2. The summed E-state index contributed by atoms with van der Waals surface area (Å²) < 4.78 is 29.6. The molecule has 2 atom stereocenters. The van der Waals surface area contributed by atoms with Crippen molar-refractivity contribution >= 4 is 21.7 Å². The molecule has 0 fully saturated rings. The van der Waals surface area contributed by atoms with Crippen molar-refractivity contribution < 1.29 is 22.7 Å². The lowest BCUT2D eigenvalue weighted by Gasteiger charge is -2.19. The Morgan fingerprint density at radius 3 is 2.24 bits per heavy atom. The quantitative estimate of drug-likeness (QED) is 0.632. The van der Waals surface area contributed by atoms with E-state index >= 15 is 0 Å². The molecule has 0 unspecified atom stereocenters. The molecule has 0 saturated carbocycles. The lowest BCUT2D eigenvalue weighted by atomic mass is 9.96. The summed E-state index contributed by atoms with van der Waals surface area (Å²) in [6.07, 6.45) is -0.200. The summed E-state index contributed by atoms with van der Waals surface area (Å²) in [6, 6.07) is 15.7. The van der Waals surface area contributed by atoms with Gasteiger partial charge in [-0.25, -0.2) is 13.2 Å². The van der Waals surface area contributed by atoms with E-state index in [1.54, 1.807) is 12.1 Å². The summed E-state index contributed by atoms with van der Waals surface area (Å²) in [4.78, 5) is 24.8. The molecule has 2 aromatic carbocycles. The van der Waals surface area contributed by atoms with E-state index in [1.807, 2.05) is 37.3 Å². The first-order chi connectivity index (χ1) is 13.8. The Morgan fingerprint density at radius 2 is 1.62 bits per heavy atom. The van der Waals surface area contributed by atoms with E-state index in [0.29, 0.717) is 6.54 Å². The predicted molar refractivity (Wildman–Crippen MR) is 112 cm³/mol. The average Bonchev–Trinajstić information content (AvgIpc) is 2.74. The van der Waals surface area contributed by atoms with E-state index in [1.165, 1.54) is 26.0 Å². The highest BCUT2D eigenvalue weighted by atomic mass is 32.2. The number of ether oxygens (including phenoxy) is 1. The Hall–Kier alpha value is -2.67. The van der Waals surface area contributed by atoms with Crippen LogP contribution >= 0.6 is 0 Å². The number of esters is 1. The van der Waals surface area contributed by atoms with Crippen LogP contribution in [0.1, 0.15) is 49.0 Å². The van der Waals surface area contributed by atoms with Crippen molar-refractivity contribution in [2.24, 2.45) is 0 Å². The third-order valence-corrected chi connectivity index (χ3v) is 6.55. The Bertz CT molecular complexity index is 941. The van der Waals surface area contributed by atoms with Gasteiger partial charge < -0.3 is 10.1 Å². The lowest BCUT2D eigenvalue weighted by molar-refractivity contribution is -0.129. The molecule has 2 rings (SSSR count). The van der Waals surface area contributed by atoms with Crippen LogP contribution in [0, 0.1) is 0 Å². The minimum Gasteiger partial charge on any atom is -0.449 e. The summed E-state index contributed by atoms with van der Waals surface area (Å²) >= 11 is 0. The van der Waals surface area contributed by atoms with Gasteiger partial charge in [0, 0.05) is 12.5 Å². The number of carbonyl (C=O) groups is 2. The number of benzene rings is 2. The van der Waals surface area contributed by atoms with Gasteiger partial charge in [-0.3, -0.25) is 4.79 Å². The van der Waals surface area contributed by atoms with Gasteiger partial charge in [0.15, 0.2) is 15.9 Å². The van der Waals surface area contributed by atoms with Crippen molar-refractivity contribution in [2.75, 3.05) is 12.3 Å². The second-order valence-corrected chi connectivity index (χ2v) is 8.95. The monoisotopic (exact) mass is 417 g/mol. The molecule has 0 radical (unpaired) electrons. The lowest BCUT2D eigenvalue weighted by Crippen LogP contribution is -2.38. The second-order valence-electron chi connectivity index (χ2n) is 6.71. The molecule has 156 valence electrons. The fraction of sp³-hybridized carbons (Fsp3) is 0.364. The molecular formula is C22H27NO5S. The van der Waals surface area contributed by atoms with E-state index in [0.717, 1.165) is 12.0 Å². The van der Waals surface area contributed by atoms with E-state index in [-0.39, 0.29) is 22.1 Å². The first-order valence-electron chi connectivity index (χ1n) is 9.65. The van der Waals surface area contributed by atoms with Gasteiger partial charge in [0.25, 0.3) is 5.91 Å². The third kappa shape index (κ3) is 5.90. The van der Waals surface area contributed by atoms with Crippen LogP contribution in [-0.2, 0) is 19.4 Å². The van der Waals surface area contributed by atoms with E-state index < -0.39 is 27.8 Å². The van der Waals surface area contributed by atoms with Crippen LogP contribution in [0.3, 0.4) is 0 Å². The zero-order chi connectivity index (χ0) is 21.4. The standard InChI is InChI=1S/C22H27NO5S/c1-4-17(18-11-7-6-8-12-18)15-23-21(24)16(3)28-22(25)19-13-9-10-14-20(19)29(26,27)5-2/h6-14,16-17H,4-5,15H2,1-3H3,(H,23,24)/t16-,17+/m0/s1. The molecule has 0 spiro atoms. The van der Waals surface area contributed by atoms with Crippen molar-refractivity contribution in [3.8, 4) is 0 Å². The number of carbonyl (C=O) groups excluding carboxylic acids is 2. The van der Waals surface area contributed by atoms with Crippen molar-refractivity contribution in [3.05, 3.63) is 65.7 Å². The summed E-state index contributed by atoms with van der Waals surface area (Å²) in [6.45, 7) is 5.43. The minimum absolute atomic E-state index is 0.0651. The molecule has 0 aliphatic carbocycles. The van der Waals surface area contributed by atoms with Crippen molar-refractivity contribution in [1.82, 2.24) is 5.32 Å². The Kier molecular flexibility index (Phi) is 7.96. The maximum Gasteiger partial charge on any atom is 0.340 e. The molecular weight excluding hydrogens is 390 g/mol. The van der Waals surface area contributed by atoms with Crippen LogP contribution in [0.4, 0.5) is 0 Å². The number of hydrogen-bond acceptors (Lipinski definition) is 5. The van der Waals surface area contributed by atoms with Gasteiger partial charge in [-0.05, 0) is 31.0 Å². The molecule has 0 bridgehead atoms. The molecule has 1 N–H and O–H groups in total. The number of rotatable bonds is 9. The van der Waals surface area contributed by atoms with Crippen LogP contribution in [0.25, 0.3) is 0 Å². The third-order valence-electron chi connectivity index (χ3n) is 4.76. The minimum atomic E-state index is -3.59. The maximum atomic E-state index is 12.5. The van der Waals surface area contributed by atoms with Crippen LogP contribution < -0.4 is 5.32 Å². The highest BCUT2D eigenvalue weighted by molar-refractivity contribution is 7.91. The van der Waals surface area contributed by atoms with Crippen LogP contribution in [-0.4, -0.2) is 38.7 Å². The largest absolute Gasteiger partial charge is 0.449 e. The Labute approximate surface area is 172 Å². The Morgan fingerprint density at radius 1 is 1.00 bits per heavy atom. The molecule has 0 aromatic heterocycles. The smallest absolute Gasteiger partial charge is 0.340 e. The zero-order valence-electron chi connectivity index (χ0n) is 16.9. The summed E-state index contributed by atoms with van der Waals surface area (Å²) in [5.41, 5.74) is 1.06. The number of nitrogens with one attached hydrogen (secondary N) is 1. The molecule has 6 nitrogen and oxygen atoms in total. The normalized spacial score (nSPS) is 13.3. The van der Waals surface area contributed by atoms with Gasteiger partial charge in [-0.1, -0.05) is 56.3 Å². The summed E-state index contributed by atoms with van der Waals surface area (Å²) in [5, 5.41) is 2.81. The molecule has 1 amide bonds. The molecule has 0 aliphatic rings. The van der Waals surface area contributed by atoms with Gasteiger partial charge in [0.2, 0.25) is 0 Å². The van der Waals surface area contributed by atoms with Crippen molar-refractivity contribution in [2.45, 2.75) is 44.1 Å². The predicted octanol–water partition coefficient (Wildman–Crippen LogP) is 3.34. The average molecular weight is 418 g/mol. The highest BCUT2D eigenvalue weighted by Crippen LogP contribution is 2.20. The van der Waals surface area contributed by atoms with Crippen LogP contribution in [0.2, 0.25) is 0 Å². The van der Waals surface area contributed by atoms with Gasteiger partial charge in [-0.2, -0.15) is 0 Å². The first-order valence-corrected chi connectivity index (χ1v) is 11.3. The molecule has 7 heteroatoms. The number of sulfone groups is 1. The fourth-order valence-electron chi connectivity index (χ4n) is 2.93. The SMILES string of the molecule is CC[C@H](CNC(=O)[C@H](C)OC(=O)c1ccccc1S(=O)(=O)CC)c1ccccc1. The zero-order valence-corrected chi connectivity index (χ0v) is 17.7. The topological polar surface area (TPSA) is 89.5 Å². The maximum absolute atomic E-state index is 12.5. The fourth-order valence-corrected chi connectivity index (χ4v) is 4.01. The molecule has 0 aliphatic heterocycles. The Balaban J connectivity index is 2.02. The highest BCUT2D eigenvalue weighted by Gasteiger charge is 2.25. The summed E-state index contributed by atoms with van der Waals surface area (Å²) in [5.74, 6) is -1.25. The van der Waals surface area contributed by atoms with E-state index in [4.69, 9.17) is 4.74 Å². The molecule has 2 aromatic rings. The van der Waals surface area contributed by atoms with Crippen molar-refractivity contribution in [3.63, 3.8) is 0 Å². The van der Waals surface area contributed by atoms with Gasteiger partial charge >= 0.3 is 5.97 Å². The van der Waals surface area contributed by atoms with Gasteiger partial charge in [0.1, 0.15) is 0 Å². The van der Waals surface area contributed by atoms with Crippen LogP contribution in [0.15, 0.2) is 59.5 Å². The van der Waals surface area contributed by atoms with Gasteiger partial charge in [-0.15, -0.1) is 0 Å². The number of hydrogen-bond donors (Lipinski definition) is 1. The van der Waals surface area contributed by atoms with E-state index in [9.17, 15) is 18.0 Å². The van der Waals surface area contributed by atoms with Gasteiger partial charge in [0.05, 0.1) is 16.2 Å². The molecule has 0 heterocycles. The molecule has 0 saturated heterocycles. The van der Waals surface area contributed by atoms with Crippen LogP contribution in [0.5, 0.6) is 0 Å². The van der Waals surface area contributed by atoms with Crippen molar-refractivity contribution in [1.29, 1.82) is 0 Å².